The summed E-state index contributed by atoms with van der Waals surface area (Å²) in [6.45, 7) is 7.78. The molecule has 0 radical (unpaired) electrons. The number of hydrogen-bond donors (Lipinski definition) is 0. The monoisotopic (exact) mass is 443 g/mol. The van der Waals surface area contributed by atoms with Crippen LogP contribution >= 0.6 is 30.6 Å². The van der Waals surface area contributed by atoms with Gasteiger partial charge in [0, 0.05) is 31.2 Å². The normalized spacial score (nSPS) is 19.7. The maximum Gasteiger partial charge on any atom is 0.172 e. The number of nitrogens with zero attached hydrogens (tertiary/aromatic N) is 3. The average Bonchev–Trinajstić information content (AvgIpc) is 3.16. The molecule has 28 heavy (non-hydrogen) atoms. The highest BCUT2D eigenvalue weighted by molar-refractivity contribution is 7.69. The summed E-state index contributed by atoms with van der Waals surface area (Å²) in [7, 11) is -2.43. The Morgan fingerprint density at radius 2 is 1.50 bits per heavy atom. The van der Waals surface area contributed by atoms with E-state index in [1.807, 2.05) is 19.1 Å². The first-order valence-electron chi connectivity index (χ1n) is 9.40. The van der Waals surface area contributed by atoms with Crippen LogP contribution in [-0.2, 0) is 9.47 Å². The Bertz CT molecular complexity index is 855. The van der Waals surface area contributed by atoms with Crippen LogP contribution in [0.25, 0.3) is 0 Å². The summed E-state index contributed by atoms with van der Waals surface area (Å²) >= 11 is 12.8. The number of aryl methyl sites for hydroxylation is 1. The molecule has 0 spiro atoms. The first kappa shape index (κ1) is 20.4. The van der Waals surface area contributed by atoms with E-state index in [0.717, 1.165) is 37.4 Å². The van der Waals surface area contributed by atoms with Crippen molar-refractivity contribution < 1.29 is 13.9 Å². The molecule has 0 saturated carbocycles. The molecule has 2 saturated heterocycles. The van der Waals surface area contributed by atoms with E-state index in [2.05, 4.69) is 15.4 Å². The van der Waals surface area contributed by atoms with E-state index in [0.29, 0.717) is 42.2 Å². The largest absolute Gasteiger partial charge is 0.457 e. The van der Waals surface area contributed by atoms with Crippen molar-refractivity contribution in [3.8, 4) is 0 Å². The number of hydrogen-bond acceptors (Lipinski definition) is 4. The van der Waals surface area contributed by atoms with Crippen LogP contribution in [0.3, 0.4) is 0 Å². The van der Waals surface area contributed by atoms with Gasteiger partial charge in [0.2, 0.25) is 0 Å². The van der Waals surface area contributed by atoms with Crippen LogP contribution in [0.5, 0.6) is 0 Å². The molecular weight excluding hydrogens is 420 g/mol. The lowest BCUT2D eigenvalue weighted by Crippen LogP contribution is -2.46. The van der Waals surface area contributed by atoms with Gasteiger partial charge in [0.1, 0.15) is 5.76 Å². The minimum atomic E-state index is -2.43. The molecule has 0 atom stereocenters. The van der Waals surface area contributed by atoms with Crippen molar-refractivity contribution in [3.05, 3.63) is 46.1 Å². The van der Waals surface area contributed by atoms with Crippen molar-refractivity contribution in [3.63, 3.8) is 0 Å². The van der Waals surface area contributed by atoms with Crippen LogP contribution in [0.15, 0.2) is 39.5 Å². The van der Waals surface area contributed by atoms with Gasteiger partial charge in [-0.25, -0.2) is 14.1 Å². The number of morpholine rings is 2. The Balaban J connectivity index is 1.96. The second kappa shape index (κ2) is 8.88. The number of ether oxygens (including phenoxy) is 2. The Morgan fingerprint density at radius 3 is 2.04 bits per heavy atom. The molecule has 0 N–H and O–H groups in total. The third kappa shape index (κ3) is 4.05. The molecule has 9 heteroatoms. The lowest BCUT2D eigenvalue weighted by Gasteiger charge is -2.45. The van der Waals surface area contributed by atoms with Crippen molar-refractivity contribution in [1.29, 1.82) is 0 Å². The van der Waals surface area contributed by atoms with Crippen molar-refractivity contribution in [2.75, 3.05) is 52.6 Å². The maximum atomic E-state index is 6.52. The fourth-order valence-electron chi connectivity index (χ4n) is 3.59. The Kier molecular flexibility index (Phi) is 6.48. The summed E-state index contributed by atoms with van der Waals surface area (Å²) in [5.74, 6) is 0.869. The van der Waals surface area contributed by atoms with Gasteiger partial charge in [-0.15, -0.1) is 0 Å². The van der Waals surface area contributed by atoms with Crippen LogP contribution in [0.4, 0.5) is 5.69 Å². The van der Waals surface area contributed by atoms with Crippen molar-refractivity contribution >= 4 is 41.7 Å². The molecule has 0 bridgehead atoms. The molecule has 4 rings (SSSR count). The average molecular weight is 444 g/mol. The zero-order chi connectivity index (χ0) is 19.6. The fourth-order valence-corrected chi connectivity index (χ4v) is 7.70. The molecule has 0 aliphatic carbocycles. The molecule has 0 unspecified atom stereocenters. The van der Waals surface area contributed by atoms with Gasteiger partial charge in [-0.1, -0.05) is 23.2 Å². The Labute approximate surface area is 175 Å². The van der Waals surface area contributed by atoms with E-state index in [9.17, 15) is 0 Å². The van der Waals surface area contributed by atoms with Crippen molar-refractivity contribution in [2.45, 2.75) is 6.92 Å². The van der Waals surface area contributed by atoms with Crippen LogP contribution in [0.2, 0.25) is 10.0 Å². The first-order valence-corrected chi connectivity index (χ1v) is 11.8. The zero-order valence-electron chi connectivity index (χ0n) is 15.8. The highest BCUT2D eigenvalue weighted by Gasteiger charge is 2.41. The molecule has 2 aliphatic rings. The molecule has 2 aliphatic heterocycles. The first-order chi connectivity index (χ1) is 13.6. The highest BCUT2D eigenvalue weighted by Crippen LogP contribution is 2.59. The van der Waals surface area contributed by atoms with Crippen LogP contribution in [0.1, 0.15) is 5.76 Å². The number of halogens is 2. The second-order valence-electron chi connectivity index (χ2n) is 6.78. The SMILES string of the molecule is Cc1ccc(P(=Nc2cc(Cl)ccc2Cl)(N2CCOCC2)N2CCOCC2)o1. The van der Waals surface area contributed by atoms with E-state index in [-0.39, 0.29) is 0 Å². The van der Waals surface area contributed by atoms with Crippen LogP contribution in [-0.4, -0.2) is 61.9 Å². The Hall–Kier alpha value is -0.850. The predicted molar refractivity (Wildman–Crippen MR) is 113 cm³/mol. The maximum absolute atomic E-state index is 6.52. The second-order valence-corrected chi connectivity index (χ2v) is 10.5. The summed E-state index contributed by atoms with van der Waals surface area (Å²) < 4.78 is 27.6. The molecule has 1 aromatic heterocycles. The standard InChI is InChI=1S/C19H24Cl2N3O3P/c1-15-2-5-19(27-15)28(23-6-10-25-11-7-23,24-8-12-26-13-9-24)22-18-14-16(20)3-4-17(18)21/h2-5,14H,6-13H2,1H3. The van der Waals surface area contributed by atoms with Gasteiger partial charge in [0.15, 0.2) is 12.9 Å². The third-order valence-electron chi connectivity index (χ3n) is 4.94. The topological polar surface area (TPSA) is 50.4 Å². The van der Waals surface area contributed by atoms with Crippen molar-refractivity contribution in [2.24, 2.45) is 4.74 Å². The smallest absolute Gasteiger partial charge is 0.172 e. The van der Waals surface area contributed by atoms with E-state index >= 15 is 0 Å². The van der Waals surface area contributed by atoms with Gasteiger partial charge < -0.3 is 13.9 Å². The van der Waals surface area contributed by atoms with Gasteiger partial charge in [-0.05, 0) is 37.3 Å². The highest BCUT2D eigenvalue weighted by atomic mass is 35.5. The summed E-state index contributed by atoms with van der Waals surface area (Å²) in [5, 5.41) is 1.19. The molecule has 2 aromatic rings. The van der Waals surface area contributed by atoms with E-state index in [1.54, 1.807) is 12.1 Å². The van der Waals surface area contributed by atoms with Crippen LogP contribution in [0, 0.1) is 6.92 Å². The molecule has 1 aromatic carbocycles. The molecule has 6 nitrogen and oxygen atoms in total. The van der Waals surface area contributed by atoms with Gasteiger partial charge in [-0.3, -0.25) is 0 Å². The van der Waals surface area contributed by atoms with Gasteiger partial charge in [0.05, 0.1) is 37.1 Å². The van der Waals surface area contributed by atoms with Gasteiger partial charge >= 0.3 is 0 Å². The zero-order valence-corrected chi connectivity index (χ0v) is 18.2. The predicted octanol–water partition coefficient (Wildman–Crippen LogP) is 4.55. The lowest BCUT2D eigenvalue weighted by molar-refractivity contribution is 0.0575. The number of rotatable bonds is 4. The van der Waals surface area contributed by atoms with Crippen molar-refractivity contribution in [1.82, 2.24) is 9.34 Å². The summed E-state index contributed by atoms with van der Waals surface area (Å²) in [4.78, 5) is 0. The Morgan fingerprint density at radius 1 is 0.893 bits per heavy atom. The quantitative estimate of drug-likeness (QED) is 0.648. The van der Waals surface area contributed by atoms with E-state index < -0.39 is 7.36 Å². The third-order valence-corrected chi connectivity index (χ3v) is 9.20. The number of benzene rings is 1. The van der Waals surface area contributed by atoms with Gasteiger partial charge in [0.25, 0.3) is 0 Å². The van der Waals surface area contributed by atoms with E-state index in [4.69, 9.17) is 41.8 Å². The fraction of sp³-hybridized carbons (Fsp3) is 0.474. The van der Waals surface area contributed by atoms with Crippen LogP contribution < -0.4 is 5.50 Å². The molecular formula is C19H24Cl2N3O3P. The minimum absolute atomic E-state index is 0.582. The molecule has 0 amide bonds. The summed E-state index contributed by atoms with van der Waals surface area (Å²) in [6.07, 6.45) is 0. The lowest BCUT2D eigenvalue weighted by atomic mass is 10.3. The number of furan rings is 1. The molecule has 3 heterocycles. The minimum Gasteiger partial charge on any atom is -0.457 e. The summed E-state index contributed by atoms with van der Waals surface area (Å²) in [5.41, 5.74) is 1.57. The van der Waals surface area contributed by atoms with Gasteiger partial charge in [-0.2, -0.15) is 0 Å². The van der Waals surface area contributed by atoms with E-state index in [1.165, 1.54) is 0 Å². The summed E-state index contributed by atoms with van der Waals surface area (Å²) in [6, 6.07) is 9.46. The molecule has 2 fully saturated rings. The molecule has 152 valence electrons.